The molecule has 2 amide bonds. The van der Waals surface area contributed by atoms with Gasteiger partial charge < -0.3 is 10.1 Å². The van der Waals surface area contributed by atoms with E-state index in [1.54, 1.807) is 66.7 Å². The van der Waals surface area contributed by atoms with Crippen molar-refractivity contribution >= 4 is 45.6 Å². The number of carbonyl (C=O) groups excluding carboxylic acids is 3. The number of hydrazone groups is 1. The molecule has 8 heteroatoms. The van der Waals surface area contributed by atoms with E-state index < -0.39 is 11.9 Å². The zero-order valence-corrected chi connectivity index (χ0v) is 18.0. The van der Waals surface area contributed by atoms with Gasteiger partial charge in [0.15, 0.2) is 0 Å². The van der Waals surface area contributed by atoms with Crippen LogP contribution in [0.1, 0.15) is 33.2 Å². The predicted octanol–water partition coefficient (Wildman–Crippen LogP) is 4.39. The summed E-state index contributed by atoms with van der Waals surface area (Å²) in [7, 11) is 0. The number of nitrogens with zero attached hydrogens (tertiary/aromatic N) is 1. The molecule has 0 unspecified atom stereocenters. The molecule has 0 heterocycles. The summed E-state index contributed by atoms with van der Waals surface area (Å²) in [6, 6.07) is 20.3. The lowest BCUT2D eigenvalue weighted by Gasteiger charge is -2.07. The number of ether oxygens (including phenoxy) is 1. The van der Waals surface area contributed by atoms with E-state index >= 15 is 0 Å². The van der Waals surface area contributed by atoms with Crippen molar-refractivity contribution in [3.8, 4) is 5.75 Å². The maximum absolute atomic E-state index is 12.3. The monoisotopic (exact) mass is 479 g/mol. The lowest BCUT2D eigenvalue weighted by atomic mass is 10.1. The normalized spacial score (nSPS) is 10.5. The van der Waals surface area contributed by atoms with Crippen LogP contribution >= 0.6 is 15.9 Å². The van der Waals surface area contributed by atoms with Gasteiger partial charge in [-0.05, 0) is 54.6 Å². The van der Waals surface area contributed by atoms with Gasteiger partial charge in [0.1, 0.15) is 5.75 Å². The lowest BCUT2D eigenvalue weighted by Crippen LogP contribution is -2.18. The van der Waals surface area contributed by atoms with Gasteiger partial charge in [-0.15, -0.1) is 0 Å². The molecule has 0 atom stereocenters. The number of hydrogen-bond acceptors (Lipinski definition) is 5. The molecule has 0 fully saturated rings. The highest BCUT2D eigenvalue weighted by Crippen LogP contribution is 2.22. The number of benzene rings is 3. The molecule has 0 radical (unpaired) electrons. The molecule has 0 saturated heterocycles. The molecule has 7 nitrogen and oxygen atoms in total. The van der Waals surface area contributed by atoms with Crippen LogP contribution < -0.4 is 15.5 Å². The van der Waals surface area contributed by atoms with Crippen LogP contribution in [0, 0.1) is 0 Å². The molecule has 0 aliphatic heterocycles. The maximum atomic E-state index is 12.3. The van der Waals surface area contributed by atoms with Crippen LogP contribution in [0.5, 0.6) is 5.75 Å². The summed E-state index contributed by atoms with van der Waals surface area (Å²) in [6.45, 7) is 1.30. The molecule has 0 saturated carbocycles. The van der Waals surface area contributed by atoms with Crippen molar-refractivity contribution in [1.29, 1.82) is 0 Å². The Morgan fingerprint density at radius 2 is 1.58 bits per heavy atom. The molecule has 0 bridgehead atoms. The van der Waals surface area contributed by atoms with E-state index in [-0.39, 0.29) is 5.91 Å². The number of rotatable bonds is 6. The van der Waals surface area contributed by atoms with Crippen LogP contribution in [0.15, 0.2) is 82.4 Å². The van der Waals surface area contributed by atoms with E-state index in [1.165, 1.54) is 13.1 Å². The Balaban J connectivity index is 1.62. The fraction of sp³-hybridized carbons (Fsp3) is 0.0435. The molecule has 0 aliphatic carbocycles. The number of carbonyl (C=O) groups is 3. The Kier molecular flexibility index (Phi) is 7.29. The fourth-order valence-electron chi connectivity index (χ4n) is 2.59. The number of anilines is 1. The maximum Gasteiger partial charge on any atom is 0.308 e. The van der Waals surface area contributed by atoms with Crippen LogP contribution in [-0.4, -0.2) is 24.0 Å². The van der Waals surface area contributed by atoms with Crippen molar-refractivity contribution in [1.82, 2.24) is 5.43 Å². The van der Waals surface area contributed by atoms with E-state index in [9.17, 15) is 14.4 Å². The largest absolute Gasteiger partial charge is 0.426 e. The Labute approximate surface area is 187 Å². The highest BCUT2D eigenvalue weighted by molar-refractivity contribution is 9.10. The van der Waals surface area contributed by atoms with Gasteiger partial charge in [-0.2, -0.15) is 5.10 Å². The smallest absolute Gasteiger partial charge is 0.308 e. The van der Waals surface area contributed by atoms with Gasteiger partial charge in [0.2, 0.25) is 0 Å². The van der Waals surface area contributed by atoms with Crippen molar-refractivity contribution < 1.29 is 19.1 Å². The van der Waals surface area contributed by atoms with Gasteiger partial charge >= 0.3 is 5.97 Å². The fourth-order valence-corrected chi connectivity index (χ4v) is 2.97. The summed E-state index contributed by atoms with van der Waals surface area (Å²) in [6.07, 6.45) is 1.38. The first-order valence-electron chi connectivity index (χ1n) is 9.20. The Morgan fingerprint density at radius 1 is 0.903 bits per heavy atom. The minimum atomic E-state index is -0.458. The quantitative estimate of drug-likeness (QED) is 0.237. The third-order valence-electron chi connectivity index (χ3n) is 4.04. The highest BCUT2D eigenvalue weighted by atomic mass is 79.9. The summed E-state index contributed by atoms with van der Waals surface area (Å²) in [5.74, 6) is -0.797. The Hall–Kier alpha value is -3.78. The number of halogens is 1. The molecular formula is C23H18BrN3O4. The SMILES string of the molecule is CC(=O)Oc1ccc(Br)cc1/C=N\NC(=O)c1ccc(NC(=O)c2ccccc2)cc1. The van der Waals surface area contributed by atoms with Gasteiger partial charge in [0.05, 0.1) is 6.21 Å². The minimum absolute atomic E-state index is 0.236. The third kappa shape index (κ3) is 6.35. The highest BCUT2D eigenvalue weighted by Gasteiger charge is 2.08. The average molecular weight is 480 g/mol. The molecule has 3 aromatic rings. The molecule has 0 aromatic heterocycles. The number of amides is 2. The van der Waals surface area contributed by atoms with Crippen LogP contribution in [0.2, 0.25) is 0 Å². The van der Waals surface area contributed by atoms with E-state index in [0.717, 1.165) is 4.47 Å². The molecule has 2 N–H and O–H groups in total. The first-order chi connectivity index (χ1) is 14.9. The van der Waals surface area contributed by atoms with E-state index in [0.29, 0.717) is 28.1 Å². The zero-order chi connectivity index (χ0) is 22.2. The topological polar surface area (TPSA) is 96.9 Å². The second kappa shape index (κ2) is 10.3. The summed E-state index contributed by atoms with van der Waals surface area (Å²) < 4.78 is 5.89. The predicted molar refractivity (Wildman–Crippen MR) is 121 cm³/mol. The molecular weight excluding hydrogens is 462 g/mol. The molecule has 156 valence electrons. The summed E-state index contributed by atoms with van der Waals surface area (Å²) in [5.41, 5.74) is 4.41. The van der Waals surface area contributed by atoms with Crippen molar-refractivity contribution in [3.63, 3.8) is 0 Å². The van der Waals surface area contributed by atoms with Crippen LogP contribution in [0.4, 0.5) is 5.69 Å². The van der Waals surface area contributed by atoms with E-state index in [4.69, 9.17) is 4.74 Å². The molecule has 3 rings (SSSR count). The Bertz CT molecular complexity index is 1130. The second-order valence-corrected chi connectivity index (χ2v) is 7.29. The third-order valence-corrected chi connectivity index (χ3v) is 4.53. The standard InChI is InChI=1S/C23H18BrN3O4/c1-15(28)31-21-12-9-19(24)13-18(21)14-25-27-23(30)17-7-10-20(11-8-17)26-22(29)16-5-3-2-4-6-16/h2-14H,1H3,(H,26,29)(H,27,30)/b25-14-. The molecule has 0 aliphatic rings. The molecule has 0 spiro atoms. The van der Waals surface area contributed by atoms with Crippen molar-refractivity contribution in [2.45, 2.75) is 6.92 Å². The van der Waals surface area contributed by atoms with Gasteiger partial charge in [0, 0.05) is 33.8 Å². The van der Waals surface area contributed by atoms with Gasteiger partial charge in [-0.1, -0.05) is 34.1 Å². The minimum Gasteiger partial charge on any atom is -0.426 e. The Morgan fingerprint density at radius 3 is 2.26 bits per heavy atom. The number of nitrogens with one attached hydrogen (secondary N) is 2. The summed E-state index contributed by atoms with van der Waals surface area (Å²) in [5, 5.41) is 6.70. The zero-order valence-electron chi connectivity index (χ0n) is 16.5. The van der Waals surface area contributed by atoms with Gasteiger partial charge in [0.25, 0.3) is 11.8 Å². The lowest BCUT2D eigenvalue weighted by molar-refractivity contribution is -0.131. The van der Waals surface area contributed by atoms with Gasteiger partial charge in [-0.25, -0.2) is 5.43 Å². The van der Waals surface area contributed by atoms with Crippen molar-refractivity contribution in [2.24, 2.45) is 5.10 Å². The average Bonchev–Trinajstić information content (AvgIpc) is 2.76. The van der Waals surface area contributed by atoms with E-state index in [2.05, 4.69) is 31.8 Å². The summed E-state index contributed by atoms with van der Waals surface area (Å²) in [4.78, 5) is 35.7. The van der Waals surface area contributed by atoms with E-state index in [1.807, 2.05) is 6.07 Å². The molecule has 3 aromatic carbocycles. The summed E-state index contributed by atoms with van der Waals surface area (Å²) >= 11 is 3.34. The second-order valence-electron chi connectivity index (χ2n) is 6.37. The van der Waals surface area contributed by atoms with Crippen molar-refractivity contribution in [3.05, 3.63) is 94.0 Å². The van der Waals surface area contributed by atoms with Crippen LogP contribution in [0.3, 0.4) is 0 Å². The van der Waals surface area contributed by atoms with Gasteiger partial charge in [-0.3, -0.25) is 14.4 Å². The number of esters is 1. The van der Waals surface area contributed by atoms with Crippen LogP contribution in [0.25, 0.3) is 0 Å². The van der Waals surface area contributed by atoms with Crippen LogP contribution in [-0.2, 0) is 4.79 Å². The molecule has 31 heavy (non-hydrogen) atoms. The van der Waals surface area contributed by atoms with Crippen molar-refractivity contribution in [2.75, 3.05) is 5.32 Å². The number of hydrogen-bond donors (Lipinski definition) is 2. The first kappa shape index (κ1) is 21.9. The first-order valence-corrected chi connectivity index (χ1v) is 9.99.